The first-order valence-corrected chi connectivity index (χ1v) is 3.13. The Bertz CT molecular complexity index is 319. The van der Waals surface area contributed by atoms with Gasteiger partial charge in [0.2, 0.25) is 0 Å². The van der Waals surface area contributed by atoms with Crippen LogP contribution in [0.2, 0.25) is 0 Å². The second kappa shape index (κ2) is 3.04. The first-order valence-electron chi connectivity index (χ1n) is 3.13. The fourth-order valence-corrected chi connectivity index (χ4v) is 0.794. The van der Waals surface area contributed by atoms with E-state index in [0.717, 1.165) is 6.20 Å². The van der Waals surface area contributed by atoms with Gasteiger partial charge in [-0.15, -0.1) is 0 Å². The molecule has 1 heterocycles. The minimum Gasteiger partial charge on any atom is -0.275 e. The van der Waals surface area contributed by atoms with Crippen molar-refractivity contribution in [2.45, 2.75) is 12.6 Å². The van der Waals surface area contributed by atoms with Crippen molar-refractivity contribution in [2.75, 3.05) is 0 Å². The first-order chi connectivity index (χ1) is 5.90. The summed E-state index contributed by atoms with van der Waals surface area (Å²) in [5, 5.41) is 15.2. The quantitative estimate of drug-likeness (QED) is 0.572. The maximum absolute atomic E-state index is 11.8. The molecule has 1 aromatic rings. The molecule has 0 aliphatic heterocycles. The number of aromatic amines is 1. The summed E-state index contributed by atoms with van der Waals surface area (Å²) in [6.07, 6.45) is -5.10. The Labute approximate surface area is 69.7 Å². The molecule has 72 valence electrons. The van der Waals surface area contributed by atoms with Crippen molar-refractivity contribution in [1.29, 1.82) is 0 Å². The van der Waals surface area contributed by atoms with Crippen molar-refractivity contribution in [1.82, 2.24) is 10.2 Å². The van der Waals surface area contributed by atoms with Crippen LogP contribution in [0, 0.1) is 10.1 Å². The molecule has 1 aromatic heterocycles. The number of aromatic nitrogens is 2. The standard InChI is InChI=1S/C5H4F3N3O2/c6-5(7,8)1-3-4(11(12)13)2-9-10-3/h2H,1H2,(H,9,10). The molecule has 0 aliphatic carbocycles. The van der Waals surface area contributed by atoms with E-state index in [1.165, 1.54) is 0 Å². The molecule has 0 saturated carbocycles. The van der Waals surface area contributed by atoms with Gasteiger partial charge in [0.1, 0.15) is 11.9 Å². The summed E-state index contributed by atoms with van der Waals surface area (Å²) in [4.78, 5) is 9.23. The van der Waals surface area contributed by atoms with E-state index >= 15 is 0 Å². The lowest BCUT2D eigenvalue weighted by molar-refractivity contribution is -0.386. The number of hydrogen-bond acceptors (Lipinski definition) is 3. The minimum atomic E-state index is -4.47. The van der Waals surface area contributed by atoms with Crippen LogP contribution in [0.3, 0.4) is 0 Å². The Morgan fingerprint density at radius 2 is 2.23 bits per heavy atom. The highest BCUT2D eigenvalue weighted by Gasteiger charge is 2.32. The molecule has 0 amide bonds. The first kappa shape index (κ1) is 9.49. The van der Waals surface area contributed by atoms with E-state index in [0.29, 0.717) is 0 Å². The lowest BCUT2D eigenvalue weighted by atomic mass is 10.3. The zero-order valence-electron chi connectivity index (χ0n) is 6.13. The van der Waals surface area contributed by atoms with Crippen LogP contribution in [-0.2, 0) is 6.42 Å². The van der Waals surface area contributed by atoms with Crippen molar-refractivity contribution < 1.29 is 18.1 Å². The maximum atomic E-state index is 11.8. The van der Waals surface area contributed by atoms with Crippen LogP contribution in [-0.4, -0.2) is 21.3 Å². The Kier molecular flexibility index (Phi) is 2.22. The van der Waals surface area contributed by atoms with Gasteiger partial charge in [-0.3, -0.25) is 15.2 Å². The van der Waals surface area contributed by atoms with Crippen molar-refractivity contribution in [3.8, 4) is 0 Å². The molecule has 0 saturated heterocycles. The Hall–Kier alpha value is -1.60. The lowest BCUT2D eigenvalue weighted by Crippen LogP contribution is -2.12. The van der Waals surface area contributed by atoms with Gasteiger partial charge in [0, 0.05) is 0 Å². The van der Waals surface area contributed by atoms with E-state index in [4.69, 9.17) is 0 Å². The summed E-state index contributed by atoms with van der Waals surface area (Å²) < 4.78 is 35.4. The summed E-state index contributed by atoms with van der Waals surface area (Å²) in [5.41, 5.74) is -1.17. The van der Waals surface area contributed by atoms with E-state index in [-0.39, 0.29) is 0 Å². The SMILES string of the molecule is O=[N+]([O-])c1cn[nH]c1CC(F)(F)F. The molecule has 8 heteroatoms. The van der Waals surface area contributed by atoms with Gasteiger partial charge >= 0.3 is 11.9 Å². The number of nitrogens with zero attached hydrogens (tertiary/aromatic N) is 2. The highest BCUT2D eigenvalue weighted by atomic mass is 19.4. The zero-order chi connectivity index (χ0) is 10.1. The summed E-state index contributed by atoms with van der Waals surface area (Å²) in [5.74, 6) is 0. The van der Waals surface area contributed by atoms with Crippen LogP contribution in [0.1, 0.15) is 5.69 Å². The highest BCUT2D eigenvalue weighted by molar-refractivity contribution is 5.32. The predicted octanol–water partition coefficient (Wildman–Crippen LogP) is 1.42. The van der Waals surface area contributed by atoms with Crippen molar-refractivity contribution in [3.63, 3.8) is 0 Å². The van der Waals surface area contributed by atoms with E-state index in [2.05, 4.69) is 5.10 Å². The molecule has 0 atom stereocenters. The second-order valence-electron chi connectivity index (χ2n) is 2.28. The molecule has 5 nitrogen and oxygen atoms in total. The normalized spacial score (nSPS) is 11.6. The minimum absolute atomic E-state index is 0.530. The monoisotopic (exact) mass is 195 g/mol. The van der Waals surface area contributed by atoms with Crippen LogP contribution < -0.4 is 0 Å². The average molecular weight is 195 g/mol. The van der Waals surface area contributed by atoms with Gasteiger partial charge in [-0.2, -0.15) is 18.3 Å². The van der Waals surface area contributed by atoms with E-state index < -0.39 is 28.9 Å². The molecular weight excluding hydrogens is 191 g/mol. The second-order valence-corrected chi connectivity index (χ2v) is 2.28. The molecule has 0 aliphatic rings. The number of rotatable bonds is 2. The highest BCUT2D eigenvalue weighted by Crippen LogP contribution is 2.25. The van der Waals surface area contributed by atoms with Crippen LogP contribution >= 0.6 is 0 Å². The summed E-state index contributed by atoms with van der Waals surface area (Å²) in [6, 6.07) is 0. The largest absolute Gasteiger partial charge is 0.394 e. The third-order valence-corrected chi connectivity index (χ3v) is 1.27. The van der Waals surface area contributed by atoms with Gasteiger partial charge in [0.25, 0.3) is 0 Å². The number of alkyl halides is 3. The molecule has 1 rings (SSSR count). The van der Waals surface area contributed by atoms with Crippen molar-refractivity contribution >= 4 is 5.69 Å². The number of nitro groups is 1. The summed E-state index contributed by atoms with van der Waals surface area (Å²) in [6.45, 7) is 0. The van der Waals surface area contributed by atoms with Crippen LogP contribution in [0.15, 0.2) is 6.20 Å². The third kappa shape index (κ3) is 2.42. The average Bonchev–Trinajstić information content (AvgIpc) is 2.31. The van der Waals surface area contributed by atoms with Gasteiger partial charge in [0.15, 0.2) is 0 Å². The zero-order valence-corrected chi connectivity index (χ0v) is 6.13. The fraction of sp³-hybridized carbons (Fsp3) is 0.400. The van der Waals surface area contributed by atoms with E-state index in [9.17, 15) is 23.3 Å². The van der Waals surface area contributed by atoms with Gasteiger partial charge in [-0.1, -0.05) is 0 Å². The summed E-state index contributed by atoms with van der Waals surface area (Å²) >= 11 is 0. The third-order valence-electron chi connectivity index (χ3n) is 1.27. The maximum Gasteiger partial charge on any atom is 0.394 e. The smallest absolute Gasteiger partial charge is 0.275 e. The Morgan fingerprint density at radius 3 is 2.69 bits per heavy atom. The molecule has 0 radical (unpaired) electrons. The van der Waals surface area contributed by atoms with Crippen molar-refractivity contribution in [2.24, 2.45) is 0 Å². The number of hydrogen-bond donors (Lipinski definition) is 1. The Balaban J connectivity index is 2.89. The number of H-pyrrole nitrogens is 1. The van der Waals surface area contributed by atoms with Crippen molar-refractivity contribution in [3.05, 3.63) is 22.0 Å². The number of halogens is 3. The van der Waals surface area contributed by atoms with E-state index in [1.54, 1.807) is 0 Å². The van der Waals surface area contributed by atoms with Gasteiger partial charge in [0.05, 0.1) is 11.3 Å². The summed E-state index contributed by atoms with van der Waals surface area (Å²) in [7, 11) is 0. The van der Waals surface area contributed by atoms with Gasteiger partial charge < -0.3 is 0 Å². The van der Waals surface area contributed by atoms with Gasteiger partial charge in [-0.25, -0.2) is 0 Å². The Morgan fingerprint density at radius 1 is 1.62 bits per heavy atom. The molecule has 0 unspecified atom stereocenters. The molecule has 0 aromatic carbocycles. The van der Waals surface area contributed by atoms with Crippen LogP contribution in [0.25, 0.3) is 0 Å². The molecular formula is C5H4F3N3O2. The van der Waals surface area contributed by atoms with Crippen LogP contribution in [0.5, 0.6) is 0 Å². The predicted molar refractivity (Wildman–Crippen MR) is 35.0 cm³/mol. The molecule has 0 fully saturated rings. The molecule has 0 bridgehead atoms. The molecule has 1 N–H and O–H groups in total. The topological polar surface area (TPSA) is 71.8 Å². The fourth-order valence-electron chi connectivity index (χ4n) is 0.794. The molecule has 13 heavy (non-hydrogen) atoms. The lowest BCUT2D eigenvalue weighted by Gasteiger charge is -2.02. The van der Waals surface area contributed by atoms with E-state index in [1.807, 2.05) is 5.10 Å². The van der Waals surface area contributed by atoms with Gasteiger partial charge in [-0.05, 0) is 0 Å². The van der Waals surface area contributed by atoms with Crippen LogP contribution in [0.4, 0.5) is 18.9 Å². The number of nitrogens with one attached hydrogen (secondary N) is 1. The molecule has 0 spiro atoms.